The molecule has 1 N–H and O–H groups in total. The normalized spacial score (nSPS) is 21.3. The molecule has 1 heterocycles. The highest BCUT2D eigenvalue weighted by Gasteiger charge is 2.38. The molecule has 1 aromatic rings. The minimum Gasteiger partial charge on any atom is -0.375 e. The largest absolute Gasteiger partial charge is 0.375 e. The average molecular weight is 316 g/mol. The highest BCUT2D eigenvalue weighted by molar-refractivity contribution is 5.84. The van der Waals surface area contributed by atoms with Crippen LogP contribution in [-0.4, -0.2) is 42.5 Å². The Morgan fingerprint density at radius 1 is 1.22 bits per heavy atom. The molecule has 3 rings (SSSR count). The second-order valence-corrected chi connectivity index (χ2v) is 6.34. The van der Waals surface area contributed by atoms with Gasteiger partial charge in [-0.05, 0) is 24.8 Å². The number of benzene rings is 1. The van der Waals surface area contributed by atoms with Crippen molar-refractivity contribution in [1.82, 2.24) is 10.2 Å². The van der Waals surface area contributed by atoms with E-state index in [-0.39, 0.29) is 17.7 Å². The summed E-state index contributed by atoms with van der Waals surface area (Å²) in [6.07, 6.45) is 3.35. The van der Waals surface area contributed by atoms with Gasteiger partial charge in [0, 0.05) is 25.6 Å². The van der Waals surface area contributed by atoms with Gasteiger partial charge in [-0.3, -0.25) is 9.59 Å². The van der Waals surface area contributed by atoms with Crippen LogP contribution in [-0.2, 0) is 20.9 Å². The maximum absolute atomic E-state index is 12.2. The van der Waals surface area contributed by atoms with Crippen molar-refractivity contribution < 1.29 is 14.3 Å². The van der Waals surface area contributed by atoms with Gasteiger partial charge in [0.05, 0.1) is 19.1 Å². The van der Waals surface area contributed by atoms with Gasteiger partial charge in [-0.1, -0.05) is 30.3 Å². The van der Waals surface area contributed by atoms with Crippen molar-refractivity contribution in [3.05, 3.63) is 35.9 Å². The van der Waals surface area contributed by atoms with Crippen LogP contribution in [0.25, 0.3) is 0 Å². The van der Waals surface area contributed by atoms with E-state index in [1.807, 2.05) is 35.2 Å². The number of hydrogen-bond donors (Lipinski definition) is 1. The molecule has 0 spiro atoms. The zero-order valence-electron chi connectivity index (χ0n) is 13.4. The third-order valence-corrected chi connectivity index (χ3v) is 4.46. The Kier molecular flexibility index (Phi) is 5.28. The third kappa shape index (κ3) is 4.55. The van der Waals surface area contributed by atoms with Gasteiger partial charge in [0.1, 0.15) is 0 Å². The van der Waals surface area contributed by atoms with Crippen molar-refractivity contribution in [2.45, 2.75) is 38.3 Å². The van der Waals surface area contributed by atoms with E-state index in [1.54, 1.807) is 0 Å². The van der Waals surface area contributed by atoms with Crippen molar-refractivity contribution in [3.8, 4) is 0 Å². The highest BCUT2D eigenvalue weighted by atomic mass is 16.5. The smallest absolute Gasteiger partial charge is 0.224 e. The summed E-state index contributed by atoms with van der Waals surface area (Å²) in [4.78, 5) is 26.0. The van der Waals surface area contributed by atoms with Crippen LogP contribution in [0, 0.1) is 5.92 Å². The fraction of sp³-hybridized carbons (Fsp3) is 0.556. The van der Waals surface area contributed by atoms with Crippen molar-refractivity contribution in [2.24, 2.45) is 5.92 Å². The Bertz CT molecular complexity index is 542. The van der Waals surface area contributed by atoms with Crippen LogP contribution in [0.5, 0.6) is 0 Å². The monoisotopic (exact) mass is 316 g/mol. The first-order valence-corrected chi connectivity index (χ1v) is 8.43. The van der Waals surface area contributed by atoms with Crippen LogP contribution in [0.2, 0.25) is 0 Å². The van der Waals surface area contributed by atoms with Gasteiger partial charge in [-0.2, -0.15) is 0 Å². The van der Waals surface area contributed by atoms with Crippen LogP contribution < -0.4 is 5.32 Å². The number of ether oxygens (including phenoxy) is 1. The Balaban J connectivity index is 1.34. The summed E-state index contributed by atoms with van der Waals surface area (Å²) in [6, 6.07) is 10.4. The van der Waals surface area contributed by atoms with Crippen LogP contribution in [0.15, 0.2) is 30.3 Å². The summed E-state index contributed by atoms with van der Waals surface area (Å²) in [6.45, 7) is 2.16. The van der Waals surface area contributed by atoms with E-state index in [4.69, 9.17) is 4.74 Å². The van der Waals surface area contributed by atoms with Gasteiger partial charge in [-0.15, -0.1) is 0 Å². The molecule has 124 valence electrons. The van der Waals surface area contributed by atoms with Crippen LogP contribution >= 0.6 is 0 Å². The summed E-state index contributed by atoms with van der Waals surface area (Å²) in [5, 5.41) is 2.93. The second kappa shape index (κ2) is 7.59. The molecule has 0 aromatic heterocycles. The molecule has 1 aliphatic heterocycles. The molecule has 2 amide bonds. The van der Waals surface area contributed by atoms with E-state index in [0.717, 1.165) is 18.4 Å². The number of carbonyl (C=O) groups is 2. The molecule has 5 heteroatoms. The molecule has 23 heavy (non-hydrogen) atoms. The Morgan fingerprint density at radius 2 is 2.00 bits per heavy atom. The van der Waals surface area contributed by atoms with Gasteiger partial charge in [0.15, 0.2) is 0 Å². The number of amides is 2. The molecule has 2 fully saturated rings. The summed E-state index contributed by atoms with van der Waals surface area (Å²) in [7, 11) is 0. The van der Waals surface area contributed by atoms with Gasteiger partial charge in [-0.25, -0.2) is 0 Å². The molecule has 1 aromatic carbocycles. The topological polar surface area (TPSA) is 58.6 Å². The molecule has 1 saturated carbocycles. The molecule has 0 unspecified atom stereocenters. The Labute approximate surface area is 137 Å². The van der Waals surface area contributed by atoms with Crippen molar-refractivity contribution >= 4 is 11.8 Å². The van der Waals surface area contributed by atoms with Crippen molar-refractivity contribution in [1.29, 1.82) is 0 Å². The molecule has 1 aliphatic carbocycles. The van der Waals surface area contributed by atoms with Crippen LogP contribution in [0.1, 0.15) is 31.2 Å². The predicted molar refractivity (Wildman–Crippen MR) is 86.6 cm³/mol. The molecular formula is C18H24N2O3. The molecule has 1 atom stereocenters. The van der Waals surface area contributed by atoms with Crippen molar-refractivity contribution in [3.63, 3.8) is 0 Å². The minimum absolute atomic E-state index is 0.0476. The second-order valence-electron chi connectivity index (χ2n) is 6.34. The van der Waals surface area contributed by atoms with Gasteiger partial charge in [0.2, 0.25) is 11.8 Å². The maximum Gasteiger partial charge on any atom is 0.224 e. The zero-order chi connectivity index (χ0) is 16.1. The summed E-state index contributed by atoms with van der Waals surface area (Å²) in [5.41, 5.74) is 1.13. The van der Waals surface area contributed by atoms with E-state index >= 15 is 0 Å². The third-order valence-electron chi connectivity index (χ3n) is 4.46. The molecule has 0 bridgehead atoms. The highest BCUT2D eigenvalue weighted by Crippen LogP contribution is 2.31. The predicted octanol–water partition coefficient (Wildman–Crippen LogP) is 1.72. The van der Waals surface area contributed by atoms with Gasteiger partial charge < -0.3 is 15.0 Å². The molecule has 0 radical (unpaired) electrons. The number of hydrogen-bond acceptors (Lipinski definition) is 3. The van der Waals surface area contributed by atoms with Crippen LogP contribution in [0.3, 0.4) is 0 Å². The summed E-state index contributed by atoms with van der Waals surface area (Å²) >= 11 is 0. The molecule has 2 aliphatic rings. The summed E-state index contributed by atoms with van der Waals surface area (Å²) in [5.74, 6) is 0.191. The summed E-state index contributed by atoms with van der Waals surface area (Å²) < 4.78 is 5.56. The van der Waals surface area contributed by atoms with Gasteiger partial charge in [0.25, 0.3) is 0 Å². The maximum atomic E-state index is 12.2. The lowest BCUT2D eigenvalue weighted by molar-refractivity contribution is -0.138. The van der Waals surface area contributed by atoms with Crippen molar-refractivity contribution in [2.75, 3.05) is 19.7 Å². The molecule has 5 nitrogen and oxygen atoms in total. The fourth-order valence-electron chi connectivity index (χ4n) is 2.98. The van der Waals surface area contributed by atoms with Crippen LogP contribution in [0.4, 0.5) is 0 Å². The fourth-order valence-corrected chi connectivity index (χ4v) is 2.98. The van der Waals surface area contributed by atoms with Gasteiger partial charge >= 0.3 is 0 Å². The Morgan fingerprint density at radius 3 is 2.74 bits per heavy atom. The Hall–Kier alpha value is -1.88. The lowest BCUT2D eigenvalue weighted by Crippen LogP contribution is -2.47. The first-order valence-electron chi connectivity index (χ1n) is 8.43. The zero-order valence-corrected chi connectivity index (χ0v) is 13.4. The van der Waals surface area contributed by atoms with E-state index in [1.165, 1.54) is 0 Å². The number of nitrogens with zero attached hydrogens (tertiary/aromatic N) is 1. The standard InChI is InChI=1S/C18H24N2O3/c21-17-9-6-15(12-20(17)16-7-8-16)18(22)19-10-11-23-13-14-4-2-1-3-5-14/h1-5,15-16H,6-13H2,(H,19,22)/t15-/m0/s1. The SMILES string of the molecule is O=C(NCCOCc1ccccc1)[C@H]1CCC(=O)N(C2CC2)C1. The lowest BCUT2D eigenvalue weighted by atomic mass is 9.96. The number of rotatable bonds is 7. The van der Waals surface area contributed by atoms with E-state index in [9.17, 15) is 9.59 Å². The first kappa shape index (κ1) is 16.0. The minimum atomic E-state index is -0.0672. The van der Waals surface area contributed by atoms with E-state index < -0.39 is 0 Å². The number of nitrogens with one attached hydrogen (secondary N) is 1. The number of piperidine rings is 1. The molecular weight excluding hydrogens is 292 g/mol. The lowest BCUT2D eigenvalue weighted by Gasteiger charge is -2.32. The molecule has 1 saturated heterocycles. The van der Waals surface area contributed by atoms with E-state index in [2.05, 4.69) is 5.32 Å². The number of likely N-dealkylation sites (tertiary alicyclic amines) is 1. The quantitative estimate of drug-likeness (QED) is 0.779. The first-order chi connectivity index (χ1) is 11.2. The number of carbonyl (C=O) groups excluding carboxylic acids is 2. The van der Waals surface area contributed by atoms with E-state index in [0.29, 0.717) is 45.2 Å². The average Bonchev–Trinajstić information content (AvgIpc) is 3.40.